The fraction of sp³-hybridized carbons (Fsp3) is 0.333. The van der Waals surface area contributed by atoms with Crippen LogP contribution in [0.25, 0.3) is 0 Å². The quantitative estimate of drug-likeness (QED) is 0.861. The lowest BCUT2D eigenvalue weighted by molar-refractivity contribution is 0.377. The summed E-state index contributed by atoms with van der Waals surface area (Å²) in [6, 6.07) is 18.6. The molecule has 1 saturated heterocycles. The van der Waals surface area contributed by atoms with Crippen molar-refractivity contribution in [3.63, 3.8) is 0 Å². The van der Waals surface area contributed by atoms with Crippen molar-refractivity contribution in [2.45, 2.75) is 25.8 Å². The fourth-order valence-electron chi connectivity index (χ4n) is 3.82. The van der Waals surface area contributed by atoms with E-state index in [1.54, 1.807) is 0 Å². The molecule has 1 fully saturated rings. The summed E-state index contributed by atoms with van der Waals surface area (Å²) in [5.74, 6) is 3.49. The standard InChI is InChI=1S/C21H21N3S/c22-14-17-6-1-2-7-18(17)15-23-20-21(9-11-25-12-10-21)13-16-5-3-4-8-19(16)24-20/h1-8H,9-13,15H2,(H,23,24). The van der Waals surface area contributed by atoms with E-state index in [4.69, 9.17) is 4.99 Å². The summed E-state index contributed by atoms with van der Waals surface area (Å²) in [4.78, 5) is 4.98. The van der Waals surface area contributed by atoms with Gasteiger partial charge in [0, 0.05) is 11.1 Å². The van der Waals surface area contributed by atoms with E-state index in [2.05, 4.69) is 35.7 Å². The van der Waals surface area contributed by atoms with Gasteiger partial charge in [-0.1, -0.05) is 36.4 Å². The van der Waals surface area contributed by atoms with Crippen LogP contribution in [0.2, 0.25) is 0 Å². The summed E-state index contributed by atoms with van der Waals surface area (Å²) in [5.41, 5.74) is 4.42. The van der Waals surface area contributed by atoms with Crippen molar-refractivity contribution in [3.8, 4) is 6.07 Å². The predicted octanol–water partition coefficient (Wildman–Crippen LogP) is 4.64. The van der Waals surface area contributed by atoms with E-state index >= 15 is 0 Å². The van der Waals surface area contributed by atoms with Crippen LogP contribution in [-0.4, -0.2) is 17.3 Å². The zero-order valence-corrected chi connectivity index (χ0v) is 15.0. The van der Waals surface area contributed by atoms with Crippen LogP contribution in [-0.2, 0) is 13.0 Å². The van der Waals surface area contributed by atoms with E-state index in [0.29, 0.717) is 6.54 Å². The summed E-state index contributed by atoms with van der Waals surface area (Å²) in [7, 11) is 0. The van der Waals surface area contributed by atoms with E-state index < -0.39 is 0 Å². The zero-order valence-electron chi connectivity index (χ0n) is 14.2. The number of benzene rings is 2. The van der Waals surface area contributed by atoms with Crippen LogP contribution in [0, 0.1) is 16.7 Å². The monoisotopic (exact) mass is 347 g/mol. The maximum atomic E-state index is 9.31. The number of fused-ring (bicyclic) bond motifs is 1. The zero-order chi connectivity index (χ0) is 17.1. The Balaban J connectivity index is 1.69. The first-order valence-electron chi connectivity index (χ1n) is 8.76. The van der Waals surface area contributed by atoms with Gasteiger partial charge in [0.2, 0.25) is 0 Å². The Morgan fingerprint density at radius 1 is 1.08 bits per heavy atom. The molecule has 0 unspecified atom stereocenters. The van der Waals surface area contributed by atoms with E-state index in [9.17, 15) is 5.26 Å². The number of rotatable bonds is 2. The average molecular weight is 347 g/mol. The van der Waals surface area contributed by atoms with Gasteiger partial charge >= 0.3 is 0 Å². The molecule has 1 N–H and O–H groups in total. The molecule has 126 valence electrons. The van der Waals surface area contributed by atoms with Crippen molar-refractivity contribution in [1.82, 2.24) is 0 Å². The third-order valence-electron chi connectivity index (χ3n) is 5.30. The van der Waals surface area contributed by atoms with Crippen LogP contribution in [0.15, 0.2) is 53.5 Å². The Morgan fingerprint density at radius 2 is 1.84 bits per heavy atom. The molecular formula is C21H21N3S. The van der Waals surface area contributed by atoms with Crippen molar-refractivity contribution < 1.29 is 0 Å². The van der Waals surface area contributed by atoms with Gasteiger partial charge in [-0.15, -0.1) is 0 Å². The van der Waals surface area contributed by atoms with Gasteiger partial charge in [0.05, 0.1) is 18.2 Å². The maximum absolute atomic E-state index is 9.31. The number of nitrogens with one attached hydrogen (secondary N) is 1. The molecule has 3 nitrogen and oxygen atoms in total. The first-order chi connectivity index (χ1) is 12.3. The van der Waals surface area contributed by atoms with E-state index in [1.165, 1.54) is 22.8 Å². The largest absolute Gasteiger partial charge is 0.343 e. The van der Waals surface area contributed by atoms with Gasteiger partial charge in [0.25, 0.3) is 0 Å². The Morgan fingerprint density at radius 3 is 2.68 bits per heavy atom. The molecule has 0 amide bonds. The van der Waals surface area contributed by atoms with Gasteiger partial charge in [-0.25, -0.2) is 0 Å². The van der Waals surface area contributed by atoms with Crippen LogP contribution in [0.4, 0.5) is 5.69 Å². The second-order valence-electron chi connectivity index (χ2n) is 6.79. The average Bonchev–Trinajstić information content (AvgIpc) is 2.67. The number of amidine groups is 1. The molecule has 4 heteroatoms. The summed E-state index contributed by atoms with van der Waals surface area (Å²) in [6.45, 7) is 0.559. The van der Waals surface area contributed by atoms with Crippen LogP contribution < -0.4 is 5.32 Å². The molecular weight excluding hydrogens is 326 g/mol. The number of para-hydroxylation sites is 1. The molecule has 0 radical (unpaired) electrons. The Labute approximate surface area is 153 Å². The highest BCUT2D eigenvalue weighted by molar-refractivity contribution is 7.99. The van der Waals surface area contributed by atoms with Gasteiger partial charge < -0.3 is 5.32 Å². The molecule has 0 aliphatic carbocycles. The third-order valence-corrected chi connectivity index (χ3v) is 6.28. The molecule has 2 aliphatic heterocycles. The lowest BCUT2D eigenvalue weighted by atomic mass is 9.73. The van der Waals surface area contributed by atoms with Crippen molar-refractivity contribution in [2.75, 3.05) is 16.8 Å². The maximum Gasteiger partial charge on any atom is 0.108 e. The minimum Gasteiger partial charge on any atom is -0.343 e. The van der Waals surface area contributed by atoms with Crippen LogP contribution in [0.3, 0.4) is 0 Å². The third kappa shape index (κ3) is 3.17. The Hall–Kier alpha value is -2.25. The molecule has 0 bridgehead atoms. The number of nitrogens with zero attached hydrogens (tertiary/aromatic N) is 2. The van der Waals surface area contributed by atoms with E-state index in [1.807, 2.05) is 36.0 Å². The molecule has 25 heavy (non-hydrogen) atoms. The van der Waals surface area contributed by atoms with Crippen LogP contribution in [0.5, 0.6) is 0 Å². The predicted molar refractivity (Wildman–Crippen MR) is 105 cm³/mol. The highest BCUT2D eigenvalue weighted by atomic mass is 32.2. The van der Waals surface area contributed by atoms with Gasteiger partial charge in [0.15, 0.2) is 0 Å². The molecule has 0 saturated carbocycles. The normalized spacial score (nSPS) is 19.9. The smallest absolute Gasteiger partial charge is 0.108 e. The summed E-state index contributed by atoms with van der Waals surface area (Å²) < 4.78 is 0. The van der Waals surface area contributed by atoms with Crippen molar-refractivity contribution in [3.05, 3.63) is 65.2 Å². The van der Waals surface area contributed by atoms with Crippen LogP contribution >= 0.6 is 11.8 Å². The first-order valence-corrected chi connectivity index (χ1v) is 9.92. The number of hydrogen-bond acceptors (Lipinski definition) is 3. The Bertz CT molecular complexity index is 844. The molecule has 1 spiro atoms. The minimum atomic E-state index is 0.126. The molecule has 0 aromatic heterocycles. The van der Waals surface area contributed by atoms with Crippen molar-refractivity contribution in [1.29, 1.82) is 5.26 Å². The molecule has 2 aliphatic rings. The minimum absolute atomic E-state index is 0.126. The van der Waals surface area contributed by atoms with Crippen molar-refractivity contribution in [2.24, 2.45) is 10.4 Å². The summed E-state index contributed by atoms with van der Waals surface area (Å²) in [5, 5.41) is 12.9. The number of nitriles is 1. The second-order valence-corrected chi connectivity index (χ2v) is 8.01. The van der Waals surface area contributed by atoms with E-state index in [0.717, 1.165) is 36.2 Å². The number of thioether (sulfide) groups is 1. The summed E-state index contributed by atoms with van der Waals surface area (Å²) in [6.07, 6.45) is 3.39. The van der Waals surface area contributed by atoms with Gasteiger partial charge in [-0.2, -0.15) is 17.0 Å². The lowest BCUT2D eigenvalue weighted by Crippen LogP contribution is -2.44. The Kier molecular flexibility index (Phi) is 4.50. The molecule has 4 rings (SSSR count). The number of anilines is 1. The highest BCUT2D eigenvalue weighted by Crippen LogP contribution is 2.44. The summed E-state index contributed by atoms with van der Waals surface area (Å²) >= 11 is 2.04. The molecule has 2 aromatic carbocycles. The topological polar surface area (TPSA) is 48.2 Å². The van der Waals surface area contributed by atoms with E-state index in [-0.39, 0.29) is 5.41 Å². The number of hydrogen-bond donors (Lipinski definition) is 1. The van der Waals surface area contributed by atoms with Crippen molar-refractivity contribution >= 4 is 23.3 Å². The highest BCUT2D eigenvalue weighted by Gasteiger charge is 2.41. The van der Waals surface area contributed by atoms with Crippen LogP contribution in [0.1, 0.15) is 29.5 Å². The van der Waals surface area contributed by atoms with Gasteiger partial charge in [-0.05, 0) is 54.0 Å². The molecule has 0 atom stereocenters. The fourth-order valence-corrected chi connectivity index (χ4v) is 5.09. The SMILES string of the molecule is N#Cc1ccccc1CN=C1Nc2ccccc2CC12CCSCC2. The van der Waals surface area contributed by atoms with Gasteiger partial charge in [0.1, 0.15) is 5.84 Å². The second kappa shape index (κ2) is 6.93. The number of aliphatic imine (C=N–C) groups is 1. The lowest BCUT2D eigenvalue weighted by Gasteiger charge is -2.42. The molecule has 2 aromatic rings. The molecule has 2 heterocycles. The first kappa shape index (κ1) is 16.2. The van der Waals surface area contributed by atoms with Gasteiger partial charge in [-0.3, -0.25) is 4.99 Å².